The molecule has 0 aromatic heterocycles. The summed E-state index contributed by atoms with van der Waals surface area (Å²) in [6.45, 7) is 1.89. The molecule has 21 heavy (non-hydrogen) atoms. The van der Waals surface area contributed by atoms with E-state index in [1.165, 1.54) is 25.3 Å². The molecule has 2 N–H and O–H groups in total. The van der Waals surface area contributed by atoms with Crippen LogP contribution in [0.4, 0.5) is 0 Å². The maximum Gasteiger partial charge on any atom is 0.262 e. The van der Waals surface area contributed by atoms with E-state index in [0.29, 0.717) is 0 Å². The van der Waals surface area contributed by atoms with Gasteiger partial charge >= 0.3 is 0 Å². The largest absolute Gasteiger partial charge is 0.273 e. The van der Waals surface area contributed by atoms with Gasteiger partial charge in [-0.25, -0.2) is 0 Å². The van der Waals surface area contributed by atoms with Crippen LogP contribution in [0.15, 0.2) is 24.3 Å². The summed E-state index contributed by atoms with van der Waals surface area (Å²) < 4.78 is 0. The topological polar surface area (TPSA) is 58.2 Å². The van der Waals surface area contributed by atoms with Crippen LogP contribution < -0.4 is 10.9 Å². The minimum Gasteiger partial charge on any atom is -0.273 e. The van der Waals surface area contributed by atoms with Gasteiger partial charge in [-0.05, 0) is 63.2 Å². The Balaban J connectivity index is 1.57. The number of rotatable bonds is 3. The Morgan fingerprint density at radius 3 is 2.05 bits per heavy atom. The van der Waals surface area contributed by atoms with Crippen LogP contribution in [0.5, 0.6) is 0 Å². The number of hydrazine groups is 1. The number of amides is 2. The molecule has 4 aliphatic rings. The van der Waals surface area contributed by atoms with Crippen LogP contribution in [0, 0.1) is 23.2 Å². The van der Waals surface area contributed by atoms with Crippen molar-refractivity contribution in [3.63, 3.8) is 0 Å². The zero-order chi connectivity index (χ0) is 14.9. The molecule has 0 atom stereocenters. The first kappa shape index (κ1) is 14.4. The quantitative estimate of drug-likeness (QED) is 0.476. The third-order valence-electron chi connectivity index (χ3n) is 5.37. The average molecular weight is 288 g/mol. The predicted molar refractivity (Wildman–Crippen MR) is 80.8 cm³/mol. The van der Waals surface area contributed by atoms with Crippen molar-refractivity contribution >= 4 is 11.8 Å². The first-order valence-corrected chi connectivity index (χ1v) is 8.01. The summed E-state index contributed by atoms with van der Waals surface area (Å²) in [4.78, 5) is 24.2. The second-order valence-corrected chi connectivity index (χ2v) is 7.03. The number of nitrogens with one attached hydrogen (secondary N) is 2. The molecular weight excluding hydrogens is 264 g/mol. The maximum atomic E-state index is 12.6. The van der Waals surface area contributed by atoms with Gasteiger partial charge in [0, 0.05) is 6.08 Å². The van der Waals surface area contributed by atoms with Crippen LogP contribution in [0.3, 0.4) is 0 Å². The van der Waals surface area contributed by atoms with Crippen molar-refractivity contribution in [3.05, 3.63) is 24.3 Å². The molecule has 0 radical (unpaired) electrons. The summed E-state index contributed by atoms with van der Waals surface area (Å²) in [5.41, 5.74) is 4.95. The van der Waals surface area contributed by atoms with Crippen LogP contribution >= 0.6 is 0 Å². The van der Waals surface area contributed by atoms with Crippen molar-refractivity contribution in [1.82, 2.24) is 10.9 Å². The maximum absolute atomic E-state index is 12.6. The standard InChI is InChI=1S/C17H24N2O2/c1-2-3-4-5-15(20)18-19-16(21)17-9-12-6-13(10-17)8-14(7-12)11-17/h2-5,12-14H,6-11H2,1H3,(H,18,20)(H,19,21)/b3-2+,5-4+. The van der Waals surface area contributed by atoms with Crippen molar-refractivity contribution in [2.75, 3.05) is 0 Å². The Bertz CT molecular complexity index is 458. The second kappa shape index (κ2) is 5.66. The Morgan fingerprint density at radius 2 is 1.52 bits per heavy atom. The molecule has 4 saturated carbocycles. The van der Waals surface area contributed by atoms with E-state index in [2.05, 4.69) is 10.9 Å². The van der Waals surface area contributed by atoms with Gasteiger partial charge in [0.15, 0.2) is 0 Å². The van der Waals surface area contributed by atoms with Crippen molar-refractivity contribution in [3.8, 4) is 0 Å². The highest BCUT2D eigenvalue weighted by Crippen LogP contribution is 2.59. The summed E-state index contributed by atoms with van der Waals surface area (Å²) in [7, 11) is 0. The van der Waals surface area contributed by atoms with E-state index in [1.807, 2.05) is 13.0 Å². The third-order valence-corrected chi connectivity index (χ3v) is 5.37. The Kier molecular flexibility index (Phi) is 3.87. The molecule has 4 nitrogen and oxygen atoms in total. The highest BCUT2D eigenvalue weighted by Gasteiger charge is 2.54. The molecule has 0 heterocycles. The van der Waals surface area contributed by atoms with Gasteiger partial charge in [-0.15, -0.1) is 0 Å². The number of carbonyl (C=O) groups is 2. The SMILES string of the molecule is C/C=C/C=C/C(=O)NNC(=O)C12CC3CC(CC(C3)C1)C2. The van der Waals surface area contributed by atoms with E-state index in [0.717, 1.165) is 37.0 Å². The molecule has 114 valence electrons. The van der Waals surface area contributed by atoms with Crippen LogP contribution in [0.1, 0.15) is 45.4 Å². The van der Waals surface area contributed by atoms with Crippen LogP contribution in [-0.2, 0) is 9.59 Å². The molecule has 4 heteroatoms. The minimum atomic E-state index is -0.286. The predicted octanol–water partition coefficient (Wildman–Crippen LogP) is 2.48. The van der Waals surface area contributed by atoms with Crippen molar-refractivity contribution in [1.29, 1.82) is 0 Å². The minimum absolute atomic E-state index is 0.0226. The van der Waals surface area contributed by atoms with Gasteiger partial charge in [-0.3, -0.25) is 20.4 Å². The second-order valence-electron chi connectivity index (χ2n) is 7.03. The number of carbonyl (C=O) groups excluding carboxylic acids is 2. The average Bonchev–Trinajstić information content (AvgIpc) is 2.43. The highest BCUT2D eigenvalue weighted by atomic mass is 16.2. The molecule has 4 aliphatic carbocycles. The normalized spacial score (nSPS) is 37.3. The lowest BCUT2D eigenvalue weighted by Gasteiger charge is -2.55. The van der Waals surface area contributed by atoms with Gasteiger partial charge in [0.05, 0.1) is 5.41 Å². The van der Waals surface area contributed by atoms with E-state index < -0.39 is 0 Å². The molecule has 0 aromatic rings. The van der Waals surface area contributed by atoms with E-state index in [-0.39, 0.29) is 17.2 Å². The Hall–Kier alpha value is -1.58. The van der Waals surface area contributed by atoms with Gasteiger partial charge in [0.2, 0.25) is 5.91 Å². The van der Waals surface area contributed by atoms with Gasteiger partial charge in [-0.1, -0.05) is 18.2 Å². The smallest absolute Gasteiger partial charge is 0.262 e. The van der Waals surface area contributed by atoms with E-state index in [9.17, 15) is 9.59 Å². The lowest BCUT2D eigenvalue weighted by atomic mass is 9.49. The summed E-state index contributed by atoms with van der Waals surface area (Å²) in [6, 6.07) is 0. The van der Waals surface area contributed by atoms with Gasteiger partial charge < -0.3 is 0 Å². The van der Waals surface area contributed by atoms with E-state index in [4.69, 9.17) is 0 Å². The molecule has 4 fully saturated rings. The zero-order valence-electron chi connectivity index (χ0n) is 12.6. The Labute approximate surface area is 126 Å². The summed E-state index contributed by atoms with van der Waals surface area (Å²) >= 11 is 0. The lowest BCUT2D eigenvalue weighted by molar-refractivity contribution is -0.148. The van der Waals surface area contributed by atoms with Gasteiger partial charge in [0.25, 0.3) is 5.91 Å². The van der Waals surface area contributed by atoms with Crippen molar-refractivity contribution < 1.29 is 9.59 Å². The number of allylic oxidation sites excluding steroid dienone is 3. The van der Waals surface area contributed by atoms with Gasteiger partial charge in [0.1, 0.15) is 0 Å². The number of hydrogen-bond donors (Lipinski definition) is 2. The van der Waals surface area contributed by atoms with Crippen molar-refractivity contribution in [2.24, 2.45) is 23.2 Å². The summed E-state index contributed by atoms with van der Waals surface area (Å²) in [5, 5.41) is 0. The van der Waals surface area contributed by atoms with Gasteiger partial charge in [-0.2, -0.15) is 0 Å². The molecule has 0 aromatic carbocycles. The Morgan fingerprint density at radius 1 is 0.952 bits per heavy atom. The molecular formula is C17H24N2O2. The highest BCUT2D eigenvalue weighted by molar-refractivity contribution is 5.91. The molecule has 4 rings (SSSR count). The fourth-order valence-electron chi connectivity index (χ4n) is 4.94. The molecule has 4 bridgehead atoms. The van der Waals surface area contributed by atoms with Crippen LogP contribution in [0.25, 0.3) is 0 Å². The first-order chi connectivity index (χ1) is 10.1. The summed E-state index contributed by atoms with van der Waals surface area (Å²) in [6.07, 6.45) is 13.7. The zero-order valence-corrected chi connectivity index (χ0v) is 12.6. The number of hydrogen-bond acceptors (Lipinski definition) is 2. The molecule has 2 amide bonds. The van der Waals surface area contributed by atoms with E-state index in [1.54, 1.807) is 12.2 Å². The fourth-order valence-corrected chi connectivity index (χ4v) is 4.94. The molecule has 0 spiro atoms. The van der Waals surface area contributed by atoms with E-state index >= 15 is 0 Å². The van der Waals surface area contributed by atoms with Crippen LogP contribution in [-0.4, -0.2) is 11.8 Å². The molecule has 0 unspecified atom stereocenters. The lowest BCUT2D eigenvalue weighted by Crippen LogP contribution is -2.56. The monoisotopic (exact) mass is 288 g/mol. The molecule has 0 saturated heterocycles. The summed E-state index contributed by atoms with van der Waals surface area (Å²) in [5.74, 6) is 1.92. The van der Waals surface area contributed by atoms with Crippen molar-refractivity contribution in [2.45, 2.75) is 45.4 Å². The third kappa shape index (κ3) is 2.89. The first-order valence-electron chi connectivity index (χ1n) is 8.01. The fraction of sp³-hybridized carbons (Fsp3) is 0.647. The molecule has 0 aliphatic heterocycles. The van der Waals surface area contributed by atoms with Crippen LogP contribution in [0.2, 0.25) is 0 Å².